The van der Waals surface area contributed by atoms with Gasteiger partial charge in [-0.2, -0.15) is 0 Å². The van der Waals surface area contributed by atoms with Crippen LogP contribution in [0.2, 0.25) is 0 Å². The van der Waals surface area contributed by atoms with Crippen LogP contribution in [0.4, 0.5) is 9.59 Å². The summed E-state index contributed by atoms with van der Waals surface area (Å²) in [4.78, 5) is 44.3. The summed E-state index contributed by atoms with van der Waals surface area (Å²) in [5, 5.41) is 34.2. The third-order valence-electron chi connectivity index (χ3n) is 12.5. The van der Waals surface area contributed by atoms with Crippen molar-refractivity contribution in [2.24, 2.45) is 0 Å². The second-order valence-electron chi connectivity index (χ2n) is 19.3. The Balaban J connectivity index is 1.27. The normalized spacial score (nSPS) is 16.0. The summed E-state index contributed by atoms with van der Waals surface area (Å²) < 4.78 is 15.4. The molecule has 0 radical (unpaired) electrons. The molecule has 66 heavy (non-hydrogen) atoms. The van der Waals surface area contributed by atoms with Crippen molar-refractivity contribution >= 4 is 39.8 Å². The lowest BCUT2D eigenvalue weighted by atomic mass is 9.85. The van der Waals surface area contributed by atoms with Crippen LogP contribution in [-0.4, -0.2) is 74.8 Å². The second kappa shape index (κ2) is 18.9. The maximum absolute atomic E-state index is 15.7. The minimum Gasteiger partial charge on any atom is -0.443 e. The highest BCUT2D eigenvalue weighted by Gasteiger charge is 2.42. The van der Waals surface area contributed by atoms with Gasteiger partial charge in [0.2, 0.25) is 0 Å². The van der Waals surface area contributed by atoms with Gasteiger partial charge in [-0.25, -0.2) is 18.7 Å². The van der Waals surface area contributed by atoms with Crippen LogP contribution < -0.4 is 21.3 Å². The average Bonchev–Trinajstić information content (AvgIpc) is 4.07. The Morgan fingerprint density at radius 1 is 0.621 bits per heavy atom. The molecule has 2 unspecified atom stereocenters. The predicted octanol–water partition coefficient (Wildman–Crippen LogP) is 8.34. The molecule has 348 valence electrons. The first-order valence-corrected chi connectivity index (χ1v) is 23.2. The van der Waals surface area contributed by atoms with Crippen LogP contribution in [0.25, 0.3) is 44.3 Å². The Hall–Kier alpha value is -5.67. The fourth-order valence-corrected chi connectivity index (χ4v) is 9.65. The first kappa shape index (κ1) is 46.8. The molecule has 6 N–H and O–H groups in total. The van der Waals surface area contributed by atoms with Gasteiger partial charge in [0, 0.05) is 61.2 Å². The lowest BCUT2D eigenvalue weighted by Gasteiger charge is -2.24. The van der Waals surface area contributed by atoms with Crippen LogP contribution in [0.5, 0.6) is 0 Å². The van der Waals surface area contributed by atoms with Gasteiger partial charge in [0.25, 0.3) is 0 Å². The van der Waals surface area contributed by atoms with Gasteiger partial charge >= 0.3 is 12.2 Å². The number of hydrogen-bond acceptors (Lipinski definition) is 11. The standard InChI is InChI=1S/C53H64N6O7/c1-9-33-13-15-37(43-25-35-23-31(27-54-19-21-60)11-17-41(35)58(43)50(63)65-52(3,4)5)45-39(33)29-56-47(45)49(62)48-46-38(16-14-34(10-2)40(46)30-57-48)44-26-36-24-32(28-55-20-22-61)12-18-42(36)59(44)51(64)66-53(6,7)8/h11-18,23-26,47-48,54-57,60-61H,9-10,19-22,27-30H2,1-8H3. The third-order valence-corrected chi connectivity index (χ3v) is 12.5. The number of carbonyl (C=O) groups is 3. The smallest absolute Gasteiger partial charge is 0.419 e. The summed E-state index contributed by atoms with van der Waals surface area (Å²) in [6.07, 6.45) is 0.483. The van der Waals surface area contributed by atoms with E-state index < -0.39 is 35.5 Å². The number of ketones is 1. The number of fused-ring (bicyclic) bond motifs is 4. The zero-order chi connectivity index (χ0) is 47.1. The molecule has 2 aromatic heterocycles. The van der Waals surface area contributed by atoms with Crippen LogP contribution in [-0.2, 0) is 53.3 Å². The fourth-order valence-electron chi connectivity index (χ4n) is 9.65. The minimum absolute atomic E-state index is 0.0278. The lowest BCUT2D eigenvalue weighted by Crippen LogP contribution is -2.32. The molecule has 0 aliphatic carbocycles. The SMILES string of the molecule is CCc1ccc(-c2cc3cc(CNCCO)ccc3n2C(=O)OC(C)(C)C)c2c1CNC2C(=O)C1NCc2c(CC)ccc(-c3cc4cc(CNCCO)ccc4n3C(=O)OC(C)(C)C)c21. The molecule has 0 bridgehead atoms. The van der Waals surface area contributed by atoms with E-state index in [9.17, 15) is 19.8 Å². The van der Waals surface area contributed by atoms with E-state index in [0.29, 0.717) is 61.7 Å². The molecule has 2 aliphatic rings. The minimum atomic E-state index is -0.765. The summed E-state index contributed by atoms with van der Waals surface area (Å²) in [5.74, 6) is -0.0640. The molecule has 13 nitrogen and oxygen atoms in total. The zero-order valence-electron chi connectivity index (χ0n) is 39.5. The predicted molar refractivity (Wildman–Crippen MR) is 259 cm³/mol. The summed E-state index contributed by atoms with van der Waals surface area (Å²) in [7, 11) is 0. The summed E-state index contributed by atoms with van der Waals surface area (Å²) in [6, 6.07) is 22.7. The van der Waals surface area contributed by atoms with E-state index in [1.54, 1.807) is 9.13 Å². The maximum atomic E-state index is 15.7. The van der Waals surface area contributed by atoms with Crippen LogP contribution in [0, 0.1) is 0 Å². The van der Waals surface area contributed by atoms with Crippen LogP contribution in [0.3, 0.4) is 0 Å². The van der Waals surface area contributed by atoms with Crippen molar-refractivity contribution in [2.45, 2.75) is 118 Å². The number of nitrogens with one attached hydrogen (secondary N) is 4. The summed E-state index contributed by atoms with van der Waals surface area (Å²) in [6.45, 7) is 18.3. The molecule has 4 aromatic carbocycles. The number of hydrogen-bond donors (Lipinski definition) is 6. The number of aryl methyl sites for hydroxylation is 2. The Bertz CT molecular complexity index is 2640. The van der Waals surface area contributed by atoms with E-state index in [-0.39, 0.29) is 19.0 Å². The third kappa shape index (κ3) is 9.20. The van der Waals surface area contributed by atoms with Crippen LogP contribution >= 0.6 is 0 Å². The molecule has 0 saturated heterocycles. The molecule has 6 aromatic rings. The lowest BCUT2D eigenvalue weighted by molar-refractivity contribution is -0.123. The topological polar surface area (TPSA) is 168 Å². The molecule has 8 rings (SSSR count). The highest BCUT2D eigenvalue weighted by molar-refractivity contribution is 6.02. The molecule has 2 atom stereocenters. The number of benzene rings is 4. The molecule has 0 saturated carbocycles. The van der Waals surface area contributed by atoms with E-state index in [4.69, 9.17) is 9.47 Å². The first-order chi connectivity index (χ1) is 31.5. The highest BCUT2D eigenvalue weighted by atomic mass is 16.6. The summed E-state index contributed by atoms with van der Waals surface area (Å²) >= 11 is 0. The Kier molecular flexibility index (Phi) is 13.4. The van der Waals surface area contributed by atoms with Crippen molar-refractivity contribution in [2.75, 3.05) is 26.3 Å². The number of carbonyl (C=O) groups excluding carboxylic acids is 3. The van der Waals surface area contributed by atoms with Gasteiger partial charge in [0.05, 0.1) is 47.7 Å². The van der Waals surface area contributed by atoms with Gasteiger partial charge in [-0.1, -0.05) is 50.2 Å². The van der Waals surface area contributed by atoms with Gasteiger partial charge in [-0.05, 0) is 135 Å². The van der Waals surface area contributed by atoms with E-state index in [1.165, 1.54) is 0 Å². The number of aromatic nitrogens is 2. The number of aliphatic hydroxyl groups is 2. The number of Topliss-reactive ketones (excluding diaryl/α,β-unsaturated/α-hetero) is 1. The molecule has 0 spiro atoms. The molecule has 0 fully saturated rings. The van der Waals surface area contributed by atoms with Crippen molar-refractivity contribution in [1.82, 2.24) is 30.4 Å². The number of aliphatic hydroxyl groups excluding tert-OH is 2. The van der Waals surface area contributed by atoms with E-state index in [0.717, 1.165) is 79.2 Å². The second-order valence-corrected chi connectivity index (χ2v) is 19.3. The van der Waals surface area contributed by atoms with E-state index >= 15 is 4.79 Å². The number of nitrogens with zero attached hydrogens (tertiary/aromatic N) is 2. The molecule has 2 aliphatic heterocycles. The molecule has 13 heteroatoms. The van der Waals surface area contributed by atoms with Gasteiger partial charge < -0.3 is 30.3 Å². The monoisotopic (exact) mass is 896 g/mol. The van der Waals surface area contributed by atoms with Crippen molar-refractivity contribution < 1.29 is 34.1 Å². The average molecular weight is 897 g/mol. The number of rotatable bonds is 14. The van der Waals surface area contributed by atoms with Gasteiger partial charge in [-0.15, -0.1) is 0 Å². The van der Waals surface area contributed by atoms with Crippen molar-refractivity contribution in [3.8, 4) is 22.5 Å². The van der Waals surface area contributed by atoms with Crippen molar-refractivity contribution in [1.29, 1.82) is 0 Å². The van der Waals surface area contributed by atoms with E-state index in [2.05, 4.69) is 47.2 Å². The van der Waals surface area contributed by atoms with Crippen molar-refractivity contribution in [3.63, 3.8) is 0 Å². The van der Waals surface area contributed by atoms with Crippen LogP contribution in [0.15, 0.2) is 72.8 Å². The molecule has 0 amide bonds. The van der Waals surface area contributed by atoms with Crippen molar-refractivity contribution in [3.05, 3.63) is 117 Å². The first-order valence-electron chi connectivity index (χ1n) is 23.2. The molecule has 4 heterocycles. The quantitative estimate of drug-likeness (QED) is 0.0582. The Labute approximate surface area is 386 Å². The van der Waals surface area contributed by atoms with E-state index in [1.807, 2.05) is 102 Å². The van der Waals surface area contributed by atoms with Crippen LogP contribution in [0.1, 0.15) is 112 Å². The number of ether oxygens (including phenoxy) is 2. The molecular weight excluding hydrogens is 833 g/mol. The summed E-state index contributed by atoms with van der Waals surface area (Å²) in [5.41, 5.74) is 10.6. The van der Waals surface area contributed by atoms with Gasteiger partial charge in [0.15, 0.2) is 5.78 Å². The van der Waals surface area contributed by atoms with Gasteiger partial charge in [0.1, 0.15) is 11.2 Å². The zero-order valence-corrected chi connectivity index (χ0v) is 39.5. The highest BCUT2D eigenvalue weighted by Crippen LogP contribution is 2.45. The Morgan fingerprint density at radius 2 is 1.03 bits per heavy atom. The fraction of sp³-hybridized carbons (Fsp3) is 0.415. The maximum Gasteiger partial charge on any atom is 0.419 e. The largest absolute Gasteiger partial charge is 0.443 e. The molecular formula is C53H64N6O7. The Morgan fingerprint density at radius 3 is 1.39 bits per heavy atom. The van der Waals surface area contributed by atoms with Gasteiger partial charge in [-0.3, -0.25) is 15.4 Å².